The minimum atomic E-state index is -1.08. The molecule has 1 saturated heterocycles. The lowest BCUT2D eigenvalue weighted by Gasteiger charge is -2.33. The molecule has 1 aliphatic heterocycles. The topological polar surface area (TPSA) is 125 Å². The third kappa shape index (κ3) is 7.14. The van der Waals surface area contributed by atoms with E-state index in [0.717, 1.165) is 11.1 Å². The Morgan fingerprint density at radius 3 is 2.19 bits per heavy atom. The van der Waals surface area contributed by atoms with Gasteiger partial charge in [0.15, 0.2) is 0 Å². The first kappa shape index (κ1) is 26.9. The molecule has 3 N–H and O–H groups in total. The number of carboxylic acid groups (broad SMARTS) is 1. The van der Waals surface area contributed by atoms with Gasteiger partial charge in [-0.05, 0) is 30.4 Å². The molecule has 0 aromatic heterocycles. The van der Waals surface area contributed by atoms with Gasteiger partial charge < -0.3 is 20.1 Å². The van der Waals surface area contributed by atoms with Gasteiger partial charge in [-0.15, -0.1) is 0 Å². The molecule has 9 heteroatoms. The SMILES string of the molecule is COC(=O)CCCNC(=O)[C@@H]1CCCN1C(=O)[C@H](NCC(=O)O)C(c1ccccc1)c1ccccc1. The van der Waals surface area contributed by atoms with Crippen LogP contribution in [0.15, 0.2) is 60.7 Å². The molecule has 0 bridgehead atoms. The molecule has 2 amide bonds. The van der Waals surface area contributed by atoms with Crippen molar-refractivity contribution in [2.75, 3.05) is 26.7 Å². The minimum absolute atomic E-state index is 0.196. The van der Waals surface area contributed by atoms with Gasteiger partial charge in [-0.25, -0.2) is 0 Å². The summed E-state index contributed by atoms with van der Waals surface area (Å²) in [5.74, 6) is -2.47. The Bertz CT molecular complexity index is 991. The number of benzene rings is 2. The number of aliphatic carboxylic acids is 1. The Morgan fingerprint density at radius 2 is 1.64 bits per heavy atom. The lowest BCUT2D eigenvalue weighted by Crippen LogP contribution is -2.55. The maximum atomic E-state index is 13.9. The molecule has 192 valence electrons. The summed E-state index contributed by atoms with van der Waals surface area (Å²) in [6.07, 6.45) is 1.81. The van der Waals surface area contributed by atoms with E-state index in [2.05, 4.69) is 15.4 Å². The van der Waals surface area contributed by atoms with Gasteiger partial charge >= 0.3 is 11.9 Å². The van der Waals surface area contributed by atoms with E-state index >= 15 is 0 Å². The molecule has 2 aromatic rings. The van der Waals surface area contributed by atoms with E-state index in [1.165, 1.54) is 7.11 Å². The highest BCUT2D eigenvalue weighted by atomic mass is 16.5. The first-order valence-corrected chi connectivity index (χ1v) is 12.1. The molecule has 0 unspecified atom stereocenters. The van der Waals surface area contributed by atoms with Gasteiger partial charge in [-0.3, -0.25) is 24.5 Å². The Kier molecular flexibility index (Phi) is 10.00. The second-order valence-electron chi connectivity index (χ2n) is 8.71. The highest BCUT2D eigenvalue weighted by Gasteiger charge is 2.40. The molecule has 1 fully saturated rings. The number of carboxylic acids is 1. The van der Waals surface area contributed by atoms with Crippen molar-refractivity contribution in [2.45, 2.75) is 43.7 Å². The minimum Gasteiger partial charge on any atom is -0.480 e. The highest BCUT2D eigenvalue weighted by molar-refractivity contribution is 5.91. The second kappa shape index (κ2) is 13.4. The van der Waals surface area contributed by atoms with Crippen LogP contribution in [-0.4, -0.2) is 72.6 Å². The maximum absolute atomic E-state index is 13.9. The van der Waals surface area contributed by atoms with Crippen molar-refractivity contribution in [3.05, 3.63) is 71.8 Å². The summed E-state index contributed by atoms with van der Waals surface area (Å²) in [5, 5.41) is 15.1. The number of likely N-dealkylation sites (tertiary alicyclic amines) is 1. The van der Waals surface area contributed by atoms with Crippen LogP contribution < -0.4 is 10.6 Å². The Morgan fingerprint density at radius 1 is 1.03 bits per heavy atom. The number of esters is 1. The van der Waals surface area contributed by atoms with Crippen molar-refractivity contribution < 1.29 is 29.0 Å². The number of hydrogen-bond acceptors (Lipinski definition) is 6. The zero-order valence-electron chi connectivity index (χ0n) is 20.4. The van der Waals surface area contributed by atoms with Crippen LogP contribution in [0.25, 0.3) is 0 Å². The normalized spacial score (nSPS) is 15.9. The standard InChI is InChI=1S/C27H33N3O6/c1-36-23(33)15-8-16-28-26(34)21-14-9-17-30(21)27(35)25(29-18-22(31)32)24(19-10-4-2-5-11-19)20-12-6-3-7-13-20/h2-7,10-13,21,24-25,29H,8-9,14-18H2,1H3,(H,28,34)(H,31,32)/t21-,25+/m0/s1. The van der Waals surface area contributed by atoms with E-state index in [1.807, 2.05) is 60.7 Å². The Balaban J connectivity index is 1.84. The largest absolute Gasteiger partial charge is 0.480 e. The molecule has 36 heavy (non-hydrogen) atoms. The lowest BCUT2D eigenvalue weighted by atomic mass is 9.84. The molecule has 0 spiro atoms. The van der Waals surface area contributed by atoms with Gasteiger partial charge in [-0.2, -0.15) is 0 Å². The summed E-state index contributed by atoms with van der Waals surface area (Å²) in [6.45, 7) is 0.301. The van der Waals surface area contributed by atoms with Crippen LogP contribution in [0.3, 0.4) is 0 Å². The van der Waals surface area contributed by atoms with E-state index in [-0.39, 0.29) is 24.2 Å². The van der Waals surface area contributed by atoms with Gasteiger partial charge in [0.1, 0.15) is 6.04 Å². The third-order valence-electron chi connectivity index (χ3n) is 6.31. The van der Waals surface area contributed by atoms with Crippen molar-refractivity contribution in [1.29, 1.82) is 0 Å². The number of methoxy groups -OCH3 is 1. The van der Waals surface area contributed by atoms with Crippen molar-refractivity contribution >= 4 is 23.8 Å². The number of carbonyl (C=O) groups excluding carboxylic acids is 3. The Hall–Kier alpha value is -3.72. The first-order chi connectivity index (χ1) is 17.4. The van der Waals surface area contributed by atoms with Crippen LogP contribution in [0.2, 0.25) is 0 Å². The number of carbonyl (C=O) groups is 4. The molecule has 1 heterocycles. The number of ether oxygens (including phenoxy) is 1. The van der Waals surface area contributed by atoms with Gasteiger partial charge in [0.05, 0.1) is 19.7 Å². The molecule has 2 aromatic carbocycles. The van der Waals surface area contributed by atoms with Crippen molar-refractivity contribution in [3.8, 4) is 0 Å². The molecule has 0 radical (unpaired) electrons. The molecule has 3 rings (SSSR count). The number of nitrogens with zero attached hydrogens (tertiary/aromatic N) is 1. The van der Waals surface area contributed by atoms with Crippen LogP contribution in [-0.2, 0) is 23.9 Å². The summed E-state index contributed by atoms with van der Waals surface area (Å²) in [5.41, 5.74) is 1.73. The van der Waals surface area contributed by atoms with Crippen LogP contribution in [0.1, 0.15) is 42.7 Å². The van der Waals surface area contributed by atoms with E-state index in [1.54, 1.807) is 4.90 Å². The average Bonchev–Trinajstić information content (AvgIpc) is 3.39. The monoisotopic (exact) mass is 495 g/mol. The fourth-order valence-corrected chi connectivity index (χ4v) is 4.59. The van der Waals surface area contributed by atoms with Gasteiger partial charge in [0.25, 0.3) is 0 Å². The zero-order valence-corrected chi connectivity index (χ0v) is 20.4. The smallest absolute Gasteiger partial charge is 0.317 e. The fraction of sp³-hybridized carbons (Fsp3) is 0.407. The molecule has 0 aliphatic carbocycles. The lowest BCUT2D eigenvalue weighted by molar-refractivity contribution is -0.141. The summed E-state index contributed by atoms with van der Waals surface area (Å²) in [7, 11) is 1.32. The molecule has 1 aliphatic rings. The van der Waals surface area contributed by atoms with Crippen LogP contribution in [0.5, 0.6) is 0 Å². The molecule has 2 atom stereocenters. The van der Waals surface area contributed by atoms with E-state index in [0.29, 0.717) is 32.4 Å². The van der Waals surface area contributed by atoms with Crippen LogP contribution >= 0.6 is 0 Å². The van der Waals surface area contributed by atoms with Crippen molar-refractivity contribution in [2.24, 2.45) is 0 Å². The molecular weight excluding hydrogens is 462 g/mol. The fourth-order valence-electron chi connectivity index (χ4n) is 4.59. The average molecular weight is 496 g/mol. The maximum Gasteiger partial charge on any atom is 0.317 e. The quantitative estimate of drug-likeness (QED) is 0.303. The molecule has 9 nitrogen and oxygen atoms in total. The van der Waals surface area contributed by atoms with Crippen LogP contribution in [0.4, 0.5) is 0 Å². The van der Waals surface area contributed by atoms with Crippen LogP contribution in [0, 0.1) is 0 Å². The zero-order chi connectivity index (χ0) is 25.9. The second-order valence-corrected chi connectivity index (χ2v) is 8.71. The van der Waals surface area contributed by atoms with Crippen molar-refractivity contribution in [3.63, 3.8) is 0 Å². The Labute approximate surface area is 210 Å². The summed E-state index contributed by atoms with van der Waals surface area (Å²) >= 11 is 0. The summed E-state index contributed by atoms with van der Waals surface area (Å²) in [6, 6.07) is 17.4. The van der Waals surface area contributed by atoms with Gasteiger partial charge in [-0.1, -0.05) is 60.7 Å². The number of nitrogens with one attached hydrogen (secondary N) is 2. The van der Waals surface area contributed by atoms with E-state index < -0.39 is 30.5 Å². The summed E-state index contributed by atoms with van der Waals surface area (Å²) < 4.78 is 4.61. The summed E-state index contributed by atoms with van der Waals surface area (Å²) in [4.78, 5) is 51.2. The van der Waals surface area contributed by atoms with E-state index in [4.69, 9.17) is 0 Å². The van der Waals surface area contributed by atoms with Gasteiger partial charge in [0.2, 0.25) is 11.8 Å². The third-order valence-corrected chi connectivity index (χ3v) is 6.31. The highest BCUT2D eigenvalue weighted by Crippen LogP contribution is 2.31. The number of amides is 2. The van der Waals surface area contributed by atoms with Crippen molar-refractivity contribution in [1.82, 2.24) is 15.5 Å². The molecule has 0 saturated carbocycles. The molecular formula is C27H33N3O6. The predicted molar refractivity (Wildman–Crippen MR) is 133 cm³/mol. The van der Waals surface area contributed by atoms with E-state index in [9.17, 15) is 24.3 Å². The first-order valence-electron chi connectivity index (χ1n) is 12.1. The number of rotatable bonds is 12. The van der Waals surface area contributed by atoms with Gasteiger partial charge in [0, 0.05) is 25.4 Å². The number of hydrogen-bond donors (Lipinski definition) is 3. The predicted octanol–water partition coefficient (Wildman–Crippen LogP) is 1.92.